The summed E-state index contributed by atoms with van der Waals surface area (Å²) in [6.07, 6.45) is 2.10. The van der Waals surface area contributed by atoms with Crippen molar-refractivity contribution in [2.75, 3.05) is 5.75 Å². The lowest BCUT2D eigenvalue weighted by atomic mass is 9.97. The Morgan fingerprint density at radius 2 is 2.46 bits per heavy atom. The second-order valence-electron chi connectivity index (χ2n) is 3.68. The van der Waals surface area contributed by atoms with E-state index in [4.69, 9.17) is 0 Å². The predicted molar refractivity (Wildman–Crippen MR) is 59.4 cm³/mol. The molecule has 2 heterocycles. The van der Waals surface area contributed by atoms with Gasteiger partial charge in [0.05, 0.1) is 0 Å². The SMILES string of the molecule is CC1(C(O)c2cccs2)CCCS1. The Morgan fingerprint density at radius 3 is 3.00 bits per heavy atom. The molecule has 0 radical (unpaired) electrons. The molecule has 1 aliphatic rings. The Bertz CT molecular complexity index is 262. The largest absolute Gasteiger partial charge is 0.386 e. The summed E-state index contributed by atoms with van der Waals surface area (Å²) in [7, 11) is 0. The normalized spacial score (nSPS) is 30.6. The Hall–Kier alpha value is 0.01000. The minimum atomic E-state index is -0.278. The van der Waals surface area contributed by atoms with Gasteiger partial charge in [0.25, 0.3) is 0 Å². The van der Waals surface area contributed by atoms with Crippen molar-refractivity contribution in [3.05, 3.63) is 22.4 Å². The van der Waals surface area contributed by atoms with E-state index < -0.39 is 0 Å². The molecular formula is C10H14OS2. The van der Waals surface area contributed by atoms with Crippen LogP contribution in [-0.2, 0) is 0 Å². The van der Waals surface area contributed by atoms with Crippen LogP contribution in [0.4, 0.5) is 0 Å². The van der Waals surface area contributed by atoms with Crippen LogP contribution in [0.15, 0.2) is 17.5 Å². The fraction of sp³-hybridized carbons (Fsp3) is 0.600. The van der Waals surface area contributed by atoms with Gasteiger partial charge in [-0.05, 0) is 37.0 Å². The van der Waals surface area contributed by atoms with Gasteiger partial charge in [-0.15, -0.1) is 11.3 Å². The van der Waals surface area contributed by atoms with Gasteiger partial charge in [-0.3, -0.25) is 0 Å². The molecular weight excluding hydrogens is 200 g/mol. The first kappa shape index (κ1) is 9.56. The molecule has 1 aliphatic heterocycles. The van der Waals surface area contributed by atoms with E-state index in [0.717, 1.165) is 11.3 Å². The smallest absolute Gasteiger partial charge is 0.102 e. The summed E-state index contributed by atoms with van der Waals surface area (Å²) in [5.74, 6) is 1.19. The summed E-state index contributed by atoms with van der Waals surface area (Å²) in [4.78, 5) is 1.11. The molecule has 0 saturated carbocycles. The molecule has 1 saturated heterocycles. The van der Waals surface area contributed by atoms with Gasteiger partial charge in [0.2, 0.25) is 0 Å². The molecule has 0 spiro atoms. The minimum absolute atomic E-state index is 0.0604. The molecule has 2 atom stereocenters. The van der Waals surface area contributed by atoms with Gasteiger partial charge >= 0.3 is 0 Å². The molecule has 3 heteroatoms. The van der Waals surface area contributed by atoms with Gasteiger partial charge in [-0.1, -0.05) is 6.07 Å². The molecule has 2 rings (SSSR count). The summed E-state index contributed by atoms with van der Waals surface area (Å²) < 4.78 is 0.0604. The molecule has 0 aliphatic carbocycles. The topological polar surface area (TPSA) is 20.2 Å². The van der Waals surface area contributed by atoms with Gasteiger partial charge in [0.15, 0.2) is 0 Å². The third kappa shape index (κ3) is 1.78. The Labute approximate surface area is 87.2 Å². The summed E-state index contributed by atoms with van der Waals surface area (Å²) >= 11 is 3.56. The van der Waals surface area contributed by atoms with Gasteiger partial charge in [-0.2, -0.15) is 11.8 Å². The van der Waals surface area contributed by atoms with Crippen molar-refractivity contribution in [3.8, 4) is 0 Å². The van der Waals surface area contributed by atoms with Crippen LogP contribution < -0.4 is 0 Å². The van der Waals surface area contributed by atoms with Crippen LogP contribution in [0, 0.1) is 0 Å². The molecule has 1 aromatic heterocycles. The predicted octanol–water partition coefficient (Wildman–Crippen LogP) is 3.07. The Balaban J connectivity index is 2.16. The zero-order chi connectivity index (χ0) is 9.31. The second kappa shape index (κ2) is 3.64. The van der Waals surface area contributed by atoms with Crippen molar-refractivity contribution in [2.45, 2.75) is 30.6 Å². The number of hydrogen-bond acceptors (Lipinski definition) is 3. The van der Waals surface area contributed by atoms with E-state index in [9.17, 15) is 5.11 Å². The fourth-order valence-corrected chi connectivity index (χ4v) is 4.03. The van der Waals surface area contributed by atoms with Crippen molar-refractivity contribution in [3.63, 3.8) is 0 Å². The van der Waals surface area contributed by atoms with Gasteiger partial charge in [0.1, 0.15) is 6.10 Å². The number of thioether (sulfide) groups is 1. The molecule has 1 N–H and O–H groups in total. The minimum Gasteiger partial charge on any atom is -0.386 e. The van der Waals surface area contributed by atoms with Crippen molar-refractivity contribution < 1.29 is 5.11 Å². The number of thiophene rings is 1. The summed E-state index contributed by atoms with van der Waals surface area (Å²) in [6, 6.07) is 4.03. The number of rotatable bonds is 2. The van der Waals surface area contributed by atoms with E-state index in [1.54, 1.807) is 11.3 Å². The highest BCUT2D eigenvalue weighted by Gasteiger charge is 2.38. The van der Waals surface area contributed by atoms with Crippen molar-refractivity contribution in [1.29, 1.82) is 0 Å². The van der Waals surface area contributed by atoms with Crippen LogP contribution in [0.25, 0.3) is 0 Å². The van der Waals surface area contributed by atoms with Crippen LogP contribution in [0.5, 0.6) is 0 Å². The molecule has 1 aromatic rings. The highest BCUT2D eigenvalue weighted by atomic mass is 32.2. The fourth-order valence-electron chi connectivity index (χ4n) is 1.76. The Kier molecular flexibility index (Phi) is 2.67. The molecule has 0 aromatic carbocycles. The lowest BCUT2D eigenvalue weighted by molar-refractivity contribution is 0.138. The maximum Gasteiger partial charge on any atom is 0.102 e. The maximum absolute atomic E-state index is 10.2. The van der Waals surface area contributed by atoms with E-state index in [0.29, 0.717) is 0 Å². The summed E-state index contributed by atoms with van der Waals surface area (Å²) in [6.45, 7) is 2.18. The standard InChI is InChI=1S/C10H14OS2/c1-10(5-3-7-13-10)9(11)8-4-2-6-12-8/h2,4,6,9,11H,3,5,7H2,1H3. The highest BCUT2D eigenvalue weighted by molar-refractivity contribution is 8.00. The van der Waals surface area contributed by atoms with Gasteiger partial charge in [-0.25, -0.2) is 0 Å². The Morgan fingerprint density at radius 1 is 1.62 bits per heavy atom. The number of hydrogen-bond donors (Lipinski definition) is 1. The first-order valence-electron chi connectivity index (χ1n) is 4.58. The van der Waals surface area contributed by atoms with Crippen molar-refractivity contribution in [2.24, 2.45) is 0 Å². The quantitative estimate of drug-likeness (QED) is 0.816. The van der Waals surface area contributed by atoms with E-state index in [1.807, 2.05) is 29.3 Å². The van der Waals surface area contributed by atoms with Gasteiger partial charge in [0, 0.05) is 9.62 Å². The average Bonchev–Trinajstić information content (AvgIpc) is 2.73. The van der Waals surface area contributed by atoms with Crippen LogP contribution >= 0.6 is 23.1 Å². The summed E-state index contributed by atoms with van der Waals surface area (Å²) in [5, 5.41) is 12.2. The molecule has 1 nitrogen and oxygen atoms in total. The summed E-state index contributed by atoms with van der Waals surface area (Å²) in [5.41, 5.74) is 0. The first-order valence-corrected chi connectivity index (χ1v) is 6.44. The van der Waals surface area contributed by atoms with E-state index in [-0.39, 0.29) is 10.9 Å². The van der Waals surface area contributed by atoms with Crippen molar-refractivity contribution in [1.82, 2.24) is 0 Å². The molecule has 0 amide bonds. The molecule has 72 valence electrons. The maximum atomic E-state index is 10.2. The highest BCUT2D eigenvalue weighted by Crippen LogP contribution is 2.47. The molecule has 0 bridgehead atoms. The number of aliphatic hydroxyl groups excluding tert-OH is 1. The average molecular weight is 214 g/mol. The van der Waals surface area contributed by atoms with Gasteiger partial charge < -0.3 is 5.11 Å². The third-order valence-electron chi connectivity index (χ3n) is 2.64. The molecule has 13 heavy (non-hydrogen) atoms. The molecule has 1 fully saturated rings. The first-order chi connectivity index (χ1) is 6.22. The van der Waals surface area contributed by atoms with Crippen molar-refractivity contribution >= 4 is 23.1 Å². The van der Waals surface area contributed by atoms with E-state index in [1.165, 1.54) is 12.2 Å². The third-order valence-corrected chi connectivity index (χ3v) is 5.14. The van der Waals surface area contributed by atoms with Crippen LogP contribution in [0.2, 0.25) is 0 Å². The number of aliphatic hydroxyl groups is 1. The van der Waals surface area contributed by atoms with E-state index >= 15 is 0 Å². The second-order valence-corrected chi connectivity index (χ2v) is 6.29. The zero-order valence-electron chi connectivity index (χ0n) is 7.69. The lowest BCUT2D eigenvalue weighted by Crippen LogP contribution is -2.25. The monoisotopic (exact) mass is 214 g/mol. The van der Waals surface area contributed by atoms with Crippen LogP contribution in [0.3, 0.4) is 0 Å². The van der Waals surface area contributed by atoms with Crippen LogP contribution in [-0.4, -0.2) is 15.6 Å². The van der Waals surface area contributed by atoms with Crippen LogP contribution in [0.1, 0.15) is 30.7 Å². The lowest BCUT2D eigenvalue weighted by Gasteiger charge is -2.28. The molecule has 2 unspecified atom stereocenters. The van der Waals surface area contributed by atoms with E-state index in [2.05, 4.69) is 6.92 Å². The zero-order valence-corrected chi connectivity index (χ0v) is 9.33.